The third-order valence-corrected chi connectivity index (χ3v) is 4.29. The Hall–Kier alpha value is -2.42. The fourth-order valence-corrected chi connectivity index (χ4v) is 3.31. The number of benzene rings is 2. The molecule has 1 N–H and O–H groups in total. The minimum absolute atomic E-state index is 0.198. The number of rotatable bonds is 5. The average Bonchev–Trinajstić information content (AvgIpc) is 2.78. The molecule has 0 fully saturated rings. The number of hydrogen-bond donors (Lipinski definition) is 1. The first-order chi connectivity index (χ1) is 11.0. The van der Waals surface area contributed by atoms with E-state index in [1.54, 1.807) is 0 Å². The van der Waals surface area contributed by atoms with Gasteiger partial charge in [-0.2, -0.15) is 4.58 Å². The fraction of sp³-hybridized carbons (Fsp3) is 0.300. The monoisotopic (exact) mass is 308 g/mol. The number of aryl methyl sites for hydroxylation is 1. The van der Waals surface area contributed by atoms with Gasteiger partial charge >= 0.3 is 5.97 Å². The third kappa shape index (κ3) is 2.79. The maximum Gasteiger partial charge on any atom is 0.303 e. The molecule has 1 aliphatic rings. The smallest absolute Gasteiger partial charge is 0.303 e. The van der Waals surface area contributed by atoms with E-state index in [9.17, 15) is 4.79 Å². The van der Waals surface area contributed by atoms with Crippen LogP contribution in [0, 0.1) is 6.92 Å². The van der Waals surface area contributed by atoms with E-state index in [0.717, 1.165) is 6.54 Å². The Labute approximate surface area is 136 Å². The Balaban J connectivity index is 2.16. The molecule has 2 aromatic rings. The molecule has 3 nitrogen and oxygen atoms in total. The Morgan fingerprint density at radius 3 is 2.70 bits per heavy atom. The Kier molecular flexibility index (Phi) is 4.03. The number of carboxylic acid groups (broad SMARTS) is 1. The molecule has 118 valence electrons. The van der Waals surface area contributed by atoms with Gasteiger partial charge in [0.25, 0.3) is 0 Å². The van der Waals surface area contributed by atoms with Crippen LogP contribution in [0.25, 0.3) is 10.8 Å². The summed E-state index contributed by atoms with van der Waals surface area (Å²) in [7, 11) is 0. The molecule has 2 aromatic carbocycles. The number of carbonyl (C=O) groups is 1. The van der Waals surface area contributed by atoms with Gasteiger partial charge in [0.15, 0.2) is 0 Å². The number of nitrogens with zero attached hydrogens (tertiary/aromatic N) is 1. The van der Waals surface area contributed by atoms with Crippen LogP contribution < -0.4 is 0 Å². The molecule has 3 heteroatoms. The van der Waals surface area contributed by atoms with Crippen molar-refractivity contribution in [3.63, 3.8) is 0 Å². The second kappa shape index (κ2) is 5.99. The van der Waals surface area contributed by atoms with Gasteiger partial charge in [-0.25, -0.2) is 0 Å². The summed E-state index contributed by atoms with van der Waals surface area (Å²) in [5.74, 6) is -0.737. The number of allylic oxidation sites excluding steroid dienone is 2. The normalized spacial score (nSPS) is 12.8. The predicted molar refractivity (Wildman–Crippen MR) is 93.9 cm³/mol. The summed E-state index contributed by atoms with van der Waals surface area (Å²) in [6.45, 7) is 7.04. The van der Waals surface area contributed by atoms with Crippen molar-refractivity contribution >= 4 is 28.1 Å². The topological polar surface area (TPSA) is 40.3 Å². The fourth-order valence-electron chi connectivity index (χ4n) is 3.31. The summed E-state index contributed by atoms with van der Waals surface area (Å²) in [6, 6.07) is 10.7. The predicted octanol–water partition coefficient (Wildman–Crippen LogP) is 4.43. The number of aliphatic carboxylic acids is 1. The van der Waals surface area contributed by atoms with Crippen LogP contribution >= 0.6 is 0 Å². The molecule has 0 spiro atoms. The summed E-state index contributed by atoms with van der Waals surface area (Å²) in [4.78, 5) is 10.8. The van der Waals surface area contributed by atoms with E-state index in [1.165, 1.54) is 38.9 Å². The molecule has 0 atom stereocenters. The van der Waals surface area contributed by atoms with Crippen LogP contribution in [0.3, 0.4) is 0 Å². The molecule has 3 rings (SSSR count). The van der Waals surface area contributed by atoms with Crippen LogP contribution in [0.15, 0.2) is 42.0 Å². The van der Waals surface area contributed by atoms with Gasteiger partial charge < -0.3 is 5.11 Å². The molecule has 0 aliphatic carbocycles. The lowest BCUT2D eigenvalue weighted by Gasteiger charge is -2.03. The molecule has 1 aliphatic heterocycles. The van der Waals surface area contributed by atoms with Crippen molar-refractivity contribution in [2.75, 3.05) is 6.54 Å². The van der Waals surface area contributed by atoms with E-state index in [0.29, 0.717) is 6.42 Å². The summed E-state index contributed by atoms with van der Waals surface area (Å²) in [6.07, 6.45) is 3.04. The van der Waals surface area contributed by atoms with E-state index in [2.05, 4.69) is 61.8 Å². The average molecular weight is 308 g/mol. The Morgan fingerprint density at radius 2 is 2.00 bits per heavy atom. The van der Waals surface area contributed by atoms with Crippen LogP contribution in [0.5, 0.6) is 0 Å². The molecule has 0 unspecified atom stereocenters. The van der Waals surface area contributed by atoms with E-state index in [1.807, 2.05) is 0 Å². The first-order valence-electron chi connectivity index (χ1n) is 8.03. The minimum atomic E-state index is -0.737. The van der Waals surface area contributed by atoms with Gasteiger partial charge in [-0.05, 0) is 37.8 Å². The van der Waals surface area contributed by atoms with Gasteiger partial charge in [0, 0.05) is 18.6 Å². The van der Waals surface area contributed by atoms with Gasteiger partial charge in [-0.15, -0.1) is 0 Å². The van der Waals surface area contributed by atoms with Crippen molar-refractivity contribution in [1.82, 2.24) is 0 Å². The SMILES string of the molecule is CC(C)=CC1=[N+](CCCC(=O)O)c2ccc(C)c3cccc1c23. The standard InChI is InChI=1S/C20H21NO2/c1-13(2)12-18-16-7-4-6-15-14(3)9-10-17(20(15)16)21(18)11-5-8-19(22)23/h4,6-7,9-10,12H,5,8,11H2,1-3H3/p+1. The van der Waals surface area contributed by atoms with Crippen molar-refractivity contribution < 1.29 is 14.5 Å². The Morgan fingerprint density at radius 1 is 1.22 bits per heavy atom. The molecule has 1 heterocycles. The zero-order valence-electron chi connectivity index (χ0n) is 13.9. The van der Waals surface area contributed by atoms with Crippen LogP contribution in [0.1, 0.15) is 37.8 Å². The van der Waals surface area contributed by atoms with Crippen LogP contribution in [0.4, 0.5) is 5.69 Å². The van der Waals surface area contributed by atoms with Crippen molar-refractivity contribution in [2.45, 2.75) is 33.6 Å². The van der Waals surface area contributed by atoms with Crippen molar-refractivity contribution in [1.29, 1.82) is 0 Å². The number of carboxylic acids is 1. The third-order valence-electron chi connectivity index (χ3n) is 4.29. The summed E-state index contributed by atoms with van der Waals surface area (Å²) < 4.78 is 2.27. The lowest BCUT2D eigenvalue weighted by atomic mass is 9.98. The molecule has 0 bridgehead atoms. The quantitative estimate of drug-likeness (QED) is 0.830. The van der Waals surface area contributed by atoms with Crippen molar-refractivity contribution in [3.8, 4) is 0 Å². The van der Waals surface area contributed by atoms with Gasteiger partial charge in [0.05, 0.1) is 17.4 Å². The summed E-state index contributed by atoms with van der Waals surface area (Å²) in [5, 5.41) is 11.5. The lowest BCUT2D eigenvalue weighted by Crippen LogP contribution is -2.14. The van der Waals surface area contributed by atoms with E-state index in [4.69, 9.17) is 5.11 Å². The Bertz CT molecular complexity index is 855. The van der Waals surface area contributed by atoms with E-state index >= 15 is 0 Å². The highest BCUT2D eigenvalue weighted by Crippen LogP contribution is 2.37. The van der Waals surface area contributed by atoms with Crippen LogP contribution in [-0.2, 0) is 4.79 Å². The highest BCUT2D eigenvalue weighted by molar-refractivity contribution is 6.20. The lowest BCUT2D eigenvalue weighted by molar-refractivity contribution is -0.436. The van der Waals surface area contributed by atoms with E-state index < -0.39 is 5.97 Å². The second-order valence-corrected chi connectivity index (χ2v) is 6.39. The summed E-state index contributed by atoms with van der Waals surface area (Å²) >= 11 is 0. The van der Waals surface area contributed by atoms with Gasteiger partial charge in [-0.3, -0.25) is 4.79 Å². The molecular formula is C20H22NO2+. The highest BCUT2D eigenvalue weighted by atomic mass is 16.4. The minimum Gasteiger partial charge on any atom is -0.481 e. The molecule has 0 radical (unpaired) electrons. The molecule has 0 aromatic heterocycles. The van der Waals surface area contributed by atoms with Crippen LogP contribution in [0.2, 0.25) is 0 Å². The molecule has 0 saturated carbocycles. The first kappa shape index (κ1) is 15.5. The second-order valence-electron chi connectivity index (χ2n) is 6.39. The van der Waals surface area contributed by atoms with E-state index in [-0.39, 0.29) is 6.42 Å². The number of hydrogen-bond acceptors (Lipinski definition) is 1. The van der Waals surface area contributed by atoms with Gasteiger partial charge in [-0.1, -0.05) is 23.8 Å². The molecular weight excluding hydrogens is 286 g/mol. The van der Waals surface area contributed by atoms with Crippen molar-refractivity contribution in [3.05, 3.63) is 53.1 Å². The zero-order valence-corrected chi connectivity index (χ0v) is 13.9. The largest absolute Gasteiger partial charge is 0.481 e. The molecule has 23 heavy (non-hydrogen) atoms. The summed E-state index contributed by atoms with van der Waals surface area (Å²) in [5.41, 5.74) is 6.14. The maximum absolute atomic E-state index is 10.8. The van der Waals surface area contributed by atoms with Gasteiger partial charge in [0.2, 0.25) is 11.4 Å². The maximum atomic E-state index is 10.8. The zero-order chi connectivity index (χ0) is 16.6. The highest BCUT2D eigenvalue weighted by Gasteiger charge is 2.30. The van der Waals surface area contributed by atoms with Crippen LogP contribution in [-0.4, -0.2) is 27.9 Å². The molecule has 0 saturated heterocycles. The van der Waals surface area contributed by atoms with Crippen molar-refractivity contribution in [2.24, 2.45) is 0 Å². The first-order valence-corrected chi connectivity index (χ1v) is 8.03. The molecule has 0 amide bonds. The van der Waals surface area contributed by atoms with Gasteiger partial charge in [0.1, 0.15) is 6.54 Å².